The van der Waals surface area contributed by atoms with Crippen molar-refractivity contribution >= 4 is 17.7 Å². The summed E-state index contributed by atoms with van der Waals surface area (Å²) in [6.45, 7) is 2.30. The summed E-state index contributed by atoms with van der Waals surface area (Å²) in [5, 5.41) is 12.1. The first kappa shape index (κ1) is 14.7. The molecular weight excluding hydrogens is 214 g/mol. The zero-order chi connectivity index (χ0) is 11.7. The molecule has 2 unspecified atom stereocenters. The largest absolute Gasteiger partial charge is 0.468 e. The van der Waals surface area contributed by atoms with Gasteiger partial charge in [0.2, 0.25) is 0 Å². The van der Waals surface area contributed by atoms with Crippen molar-refractivity contribution in [3.63, 3.8) is 0 Å². The van der Waals surface area contributed by atoms with E-state index in [1.54, 1.807) is 18.8 Å². The lowest BCUT2D eigenvalue weighted by molar-refractivity contribution is -0.143. The number of hydrogen-bond donors (Lipinski definition) is 2. The van der Waals surface area contributed by atoms with Crippen molar-refractivity contribution in [2.75, 3.05) is 26.5 Å². The summed E-state index contributed by atoms with van der Waals surface area (Å²) in [5.74, 6) is 0.676. The molecule has 2 N–H and O–H groups in total. The van der Waals surface area contributed by atoms with E-state index in [1.807, 2.05) is 0 Å². The van der Waals surface area contributed by atoms with Crippen molar-refractivity contribution in [3.8, 4) is 0 Å². The predicted molar refractivity (Wildman–Crippen MR) is 63.1 cm³/mol. The first-order valence-corrected chi connectivity index (χ1v) is 6.18. The van der Waals surface area contributed by atoms with Gasteiger partial charge in [-0.15, -0.1) is 0 Å². The lowest BCUT2D eigenvalue weighted by atomic mass is 10.2. The third-order valence-electron chi connectivity index (χ3n) is 2.18. The Morgan fingerprint density at radius 2 is 2.20 bits per heavy atom. The topological polar surface area (TPSA) is 58.6 Å². The van der Waals surface area contributed by atoms with Crippen molar-refractivity contribution in [1.29, 1.82) is 0 Å². The van der Waals surface area contributed by atoms with Crippen molar-refractivity contribution < 1.29 is 14.6 Å². The van der Waals surface area contributed by atoms with E-state index in [2.05, 4.69) is 17.0 Å². The van der Waals surface area contributed by atoms with Crippen LogP contribution in [0, 0.1) is 0 Å². The average molecular weight is 235 g/mol. The van der Waals surface area contributed by atoms with Crippen LogP contribution >= 0.6 is 11.8 Å². The van der Waals surface area contributed by atoms with Crippen LogP contribution in [0.2, 0.25) is 0 Å². The van der Waals surface area contributed by atoms with Crippen molar-refractivity contribution in [2.45, 2.75) is 31.1 Å². The molecular formula is C10H21NO3S. The monoisotopic (exact) mass is 235 g/mol. The van der Waals surface area contributed by atoms with Gasteiger partial charge < -0.3 is 15.2 Å². The minimum Gasteiger partial charge on any atom is -0.468 e. The van der Waals surface area contributed by atoms with Gasteiger partial charge in [-0.3, -0.25) is 4.79 Å². The van der Waals surface area contributed by atoms with Gasteiger partial charge in [0.1, 0.15) is 6.04 Å². The van der Waals surface area contributed by atoms with Gasteiger partial charge in [-0.05, 0) is 25.6 Å². The molecule has 2 atom stereocenters. The number of nitrogens with one attached hydrogen (secondary N) is 1. The zero-order valence-electron chi connectivity index (χ0n) is 9.66. The van der Waals surface area contributed by atoms with Crippen LogP contribution in [0.15, 0.2) is 0 Å². The maximum Gasteiger partial charge on any atom is 0.322 e. The quantitative estimate of drug-likeness (QED) is 0.605. The number of aliphatic hydroxyl groups excluding tert-OH is 1. The molecule has 5 heteroatoms. The molecule has 15 heavy (non-hydrogen) atoms. The molecule has 0 aliphatic heterocycles. The van der Waals surface area contributed by atoms with Crippen molar-refractivity contribution in [2.24, 2.45) is 0 Å². The Bertz CT molecular complexity index is 178. The number of ether oxygens (including phenoxy) is 1. The van der Waals surface area contributed by atoms with Gasteiger partial charge in [-0.2, -0.15) is 11.8 Å². The summed E-state index contributed by atoms with van der Waals surface area (Å²) in [6, 6.07) is -0.219. The summed E-state index contributed by atoms with van der Waals surface area (Å²) >= 11 is 1.76. The number of hydrogen-bond acceptors (Lipinski definition) is 5. The fraction of sp³-hybridized carbons (Fsp3) is 0.900. The normalized spacial score (nSPS) is 14.7. The molecule has 0 radical (unpaired) electrons. The first-order valence-electron chi connectivity index (χ1n) is 5.13. The number of aliphatic hydroxyl groups is 1. The fourth-order valence-corrected chi connectivity index (χ4v) is 2.22. The number of thioether (sulfide) groups is 1. The molecule has 90 valence electrons. The fourth-order valence-electron chi connectivity index (χ4n) is 1.17. The van der Waals surface area contributed by atoms with E-state index < -0.39 is 0 Å². The third-order valence-corrected chi connectivity index (χ3v) is 3.45. The van der Waals surface area contributed by atoms with E-state index in [9.17, 15) is 4.79 Å². The van der Waals surface area contributed by atoms with Gasteiger partial charge in [-0.1, -0.05) is 6.92 Å². The lowest BCUT2D eigenvalue weighted by Crippen LogP contribution is -2.35. The summed E-state index contributed by atoms with van der Waals surface area (Å²) in [7, 11) is 3.15. The summed E-state index contributed by atoms with van der Waals surface area (Å²) < 4.78 is 4.66. The molecule has 0 aromatic carbocycles. The highest BCUT2D eigenvalue weighted by atomic mass is 32.2. The highest BCUT2D eigenvalue weighted by molar-refractivity contribution is 7.99. The number of likely N-dealkylation sites (N-methyl/N-ethyl adjacent to an activating group) is 1. The van der Waals surface area contributed by atoms with Crippen molar-refractivity contribution in [3.05, 3.63) is 0 Å². The number of carbonyl (C=O) groups is 1. The standard InChI is InChI=1S/C10H21NO3S/c1-8(4-6-12)15-7-5-9(11-2)10(13)14-3/h8-9,11-12H,4-7H2,1-3H3. The van der Waals surface area contributed by atoms with Gasteiger partial charge in [0.25, 0.3) is 0 Å². The minimum absolute atomic E-state index is 0.215. The molecule has 0 aliphatic carbocycles. The molecule has 0 rings (SSSR count). The number of carbonyl (C=O) groups excluding carboxylic acids is 1. The Hall–Kier alpha value is -0.260. The molecule has 0 aromatic heterocycles. The van der Waals surface area contributed by atoms with Crippen LogP contribution in [0.4, 0.5) is 0 Å². The lowest BCUT2D eigenvalue weighted by Gasteiger charge is -2.14. The summed E-state index contributed by atoms with van der Waals surface area (Å²) in [6.07, 6.45) is 1.55. The number of esters is 1. The smallest absolute Gasteiger partial charge is 0.322 e. The molecule has 0 aromatic rings. The molecule has 0 amide bonds. The van der Waals surface area contributed by atoms with E-state index >= 15 is 0 Å². The molecule has 4 nitrogen and oxygen atoms in total. The van der Waals surface area contributed by atoms with Crippen LogP contribution in [0.25, 0.3) is 0 Å². The van der Waals surface area contributed by atoms with Gasteiger partial charge in [-0.25, -0.2) is 0 Å². The van der Waals surface area contributed by atoms with Crippen LogP contribution in [0.3, 0.4) is 0 Å². The second-order valence-electron chi connectivity index (χ2n) is 3.35. The molecule has 0 saturated heterocycles. The Labute approximate surface area is 95.8 Å². The van der Waals surface area contributed by atoms with Gasteiger partial charge in [0.05, 0.1) is 7.11 Å². The van der Waals surface area contributed by atoms with Crippen LogP contribution in [-0.4, -0.2) is 48.9 Å². The Morgan fingerprint density at radius 1 is 1.53 bits per heavy atom. The van der Waals surface area contributed by atoms with Crippen molar-refractivity contribution in [1.82, 2.24) is 5.32 Å². The van der Waals surface area contributed by atoms with Crippen LogP contribution < -0.4 is 5.32 Å². The zero-order valence-corrected chi connectivity index (χ0v) is 10.5. The highest BCUT2D eigenvalue weighted by Gasteiger charge is 2.16. The van der Waals surface area contributed by atoms with E-state index in [1.165, 1.54) is 7.11 Å². The van der Waals surface area contributed by atoms with E-state index in [-0.39, 0.29) is 18.6 Å². The Morgan fingerprint density at radius 3 is 2.67 bits per heavy atom. The van der Waals surface area contributed by atoms with Crippen LogP contribution in [0.1, 0.15) is 19.8 Å². The van der Waals surface area contributed by atoms with E-state index in [0.717, 1.165) is 18.6 Å². The molecule has 0 bridgehead atoms. The molecule has 0 spiro atoms. The number of rotatable bonds is 8. The highest BCUT2D eigenvalue weighted by Crippen LogP contribution is 2.15. The van der Waals surface area contributed by atoms with E-state index in [0.29, 0.717) is 5.25 Å². The Kier molecular flexibility index (Phi) is 8.85. The van der Waals surface area contributed by atoms with Gasteiger partial charge >= 0.3 is 5.97 Å². The minimum atomic E-state index is -0.219. The third kappa shape index (κ3) is 6.76. The Balaban J connectivity index is 3.67. The maximum atomic E-state index is 11.2. The van der Waals surface area contributed by atoms with Gasteiger partial charge in [0.15, 0.2) is 0 Å². The maximum absolute atomic E-state index is 11.2. The van der Waals surface area contributed by atoms with Crippen LogP contribution in [0.5, 0.6) is 0 Å². The second-order valence-corrected chi connectivity index (χ2v) is 4.89. The molecule has 0 fully saturated rings. The molecule has 0 heterocycles. The SMILES string of the molecule is CNC(CCSC(C)CCO)C(=O)OC. The number of methoxy groups -OCH3 is 1. The second kappa shape index (κ2) is 9.00. The first-order chi connectivity index (χ1) is 7.15. The average Bonchev–Trinajstić information content (AvgIpc) is 2.24. The molecule has 0 saturated carbocycles. The van der Waals surface area contributed by atoms with Gasteiger partial charge in [0, 0.05) is 11.9 Å². The summed E-state index contributed by atoms with van der Waals surface area (Å²) in [4.78, 5) is 11.2. The molecule has 0 aliphatic rings. The predicted octanol–water partition coefficient (Wildman–Crippen LogP) is 0.642. The summed E-state index contributed by atoms with van der Waals surface area (Å²) in [5.41, 5.74) is 0. The van der Waals surface area contributed by atoms with Crippen LogP contribution in [-0.2, 0) is 9.53 Å². The van der Waals surface area contributed by atoms with E-state index in [4.69, 9.17) is 5.11 Å².